The molecule has 0 fully saturated rings. The summed E-state index contributed by atoms with van der Waals surface area (Å²) in [5.74, 6) is 0.951. The van der Waals surface area contributed by atoms with Crippen LogP contribution in [-0.2, 0) is 6.42 Å². The molecule has 0 unspecified atom stereocenters. The second-order valence-electron chi connectivity index (χ2n) is 16.6. The molecule has 13 aromatic rings. The molecule has 9 aromatic carbocycles. The quantitative estimate of drug-likeness (QED) is 0.167. The minimum Gasteiger partial charge on any atom is -0.304 e. The first-order chi connectivity index (χ1) is 32.6. The molecule has 0 N–H and O–H groups in total. The highest BCUT2D eigenvalue weighted by Crippen LogP contribution is 2.52. The van der Waals surface area contributed by atoms with Gasteiger partial charge in [0, 0.05) is 70.5 Å². The number of thiophene rings is 2. The van der Waals surface area contributed by atoms with Gasteiger partial charge in [-0.1, -0.05) is 153 Å². The van der Waals surface area contributed by atoms with E-state index < -0.39 is 0 Å². The summed E-state index contributed by atoms with van der Waals surface area (Å²) in [6, 6.07) is 69.0. The Kier molecular flexibility index (Phi) is 8.60. The smallest absolute Gasteiger partial charge is 0.114 e. The van der Waals surface area contributed by atoms with E-state index in [9.17, 15) is 10.5 Å². The molecule has 0 spiro atoms. The number of fused-ring (bicyclic) bond motifs is 12. The molecule has 0 aliphatic carbocycles. The second kappa shape index (κ2) is 14.9. The van der Waals surface area contributed by atoms with E-state index in [2.05, 4.69) is 156 Å². The molecule has 7 heteroatoms. The number of aryl methyl sites for hydroxylation is 1. The summed E-state index contributed by atoms with van der Waals surface area (Å²) >= 11 is 3.59. The number of aromatic nitrogens is 3. The number of hydrogen-bond donors (Lipinski definition) is 0. The van der Waals surface area contributed by atoms with Crippen LogP contribution in [0.25, 0.3) is 118 Å². The fourth-order valence-electron chi connectivity index (χ4n) is 10.4. The standard InChI is InChI=1S/C59H35N5S2/c1-2-51-62-47-24-11-12-25-48(47)63(51)38-21-15-20-37(32-38)53-45(33-60)52(35-16-5-3-6-17-35)46(34-61)55(54(53)36-18-7-4-8-19-36)64-56-41(28-30-43-39-22-9-13-26-49(39)65-58(43)56)42-29-31-44-40-23-10-14-27-50(40)66-59(44)57(42)64/h3-32H,2H2,1H3. The first kappa shape index (κ1) is 38.2. The van der Waals surface area contributed by atoms with E-state index >= 15 is 0 Å². The van der Waals surface area contributed by atoms with E-state index in [0.29, 0.717) is 16.7 Å². The summed E-state index contributed by atoms with van der Waals surface area (Å²) in [4.78, 5) is 5.05. The van der Waals surface area contributed by atoms with Crippen LogP contribution in [0.4, 0.5) is 0 Å². The minimum absolute atomic E-state index is 0.445. The number of benzene rings is 9. The molecular weight excluding hydrogens is 843 g/mol. The normalized spacial score (nSPS) is 11.7. The molecule has 0 radical (unpaired) electrons. The van der Waals surface area contributed by atoms with Gasteiger partial charge in [0.1, 0.15) is 18.0 Å². The van der Waals surface area contributed by atoms with E-state index in [1.165, 1.54) is 30.9 Å². The van der Waals surface area contributed by atoms with Crippen LogP contribution < -0.4 is 0 Å². The second-order valence-corrected chi connectivity index (χ2v) is 18.7. The van der Waals surface area contributed by atoms with Crippen molar-refractivity contribution in [1.82, 2.24) is 14.1 Å². The van der Waals surface area contributed by atoms with Crippen LogP contribution in [0.3, 0.4) is 0 Å². The highest BCUT2D eigenvalue weighted by atomic mass is 32.1. The van der Waals surface area contributed by atoms with Crippen LogP contribution >= 0.6 is 22.7 Å². The van der Waals surface area contributed by atoms with Crippen LogP contribution in [-0.4, -0.2) is 14.1 Å². The van der Waals surface area contributed by atoms with Crippen molar-refractivity contribution in [3.8, 4) is 56.9 Å². The Morgan fingerprint density at radius 2 is 1.00 bits per heavy atom. The van der Waals surface area contributed by atoms with E-state index in [4.69, 9.17) is 4.98 Å². The van der Waals surface area contributed by atoms with Crippen molar-refractivity contribution in [3.63, 3.8) is 0 Å². The third-order valence-electron chi connectivity index (χ3n) is 13.2. The first-order valence-corrected chi connectivity index (χ1v) is 23.7. The van der Waals surface area contributed by atoms with Gasteiger partial charge in [0.2, 0.25) is 0 Å². The average molecular weight is 878 g/mol. The monoisotopic (exact) mass is 877 g/mol. The minimum atomic E-state index is 0.445. The molecule has 4 heterocycles. The Bertz CT molecular complexity index is 4100. The van der Waals surface area contributed by atoms with Crippen molar-refractivity contribution in [2.45, 2.75) is 13.3 Å². The van der Waals surface area contributed by atoms with E-state index in [0.717, 1.165) is 93.7 Å². The lowest BCUT2D eigenvalue weighted by molar-refractivity contribution is 0.908. The lowest BCUT2D eigenvalue weighted by Crippen LogP contribution is -2.08. The van der Waals surface area contributed by atoms with Gasteiger partial charge in [-0.2, -0.15) is 10.5 Å². The molecule has 66 heavy (non-hydrogen) atoms. The van der Waals surface area contributed by atoms with Crippen molar-refractivity contribution in [2.75, 3.05) is 0 Å². The molecular formula is C59H35N5S2. The molecule has 0 atom stereocenters. The zero-order chi connectivity index (χ0) is 44.0. The van der Waals surface area contributed by atoms with Crippen LogP contribution in [0.15, 0.2) is 182 Å². The molecule has 0 amide bonds. The molecule has 13 rings (SSSR count). The lowest BCUT2D eigenvalue weighted by atomic mass is 9.81. The van der Waals surface area contributed by atoms with Crippen LogP contribution in [0, 0.1) is 22.7 Å². The summed E-state index contributed by atoms with van der Waals surface area (Å²) in [6.07, 6.45) is 0.739. The topological polar surface area (TPSA) is 70.3 Å². The SMILES string of the molecule is CCc1nc2ccccc2n1-c1cccc(-c2c(C#N)c(-c3ccccc3)c(C#N)c(-n3c4c(ccc5c6ccccc6sc54)c4ccc5c6ccccc6sc5c43)c2-c2ccccc2)c1. The van der Waals surface area contributed by atoms with Gasteiger partial charge >= 0.3 is 0 Å². The fourth-order valence-corrected chi connectivity index (χ4v) is 12.9. The first-order valence-electron chi connectivity index (χ1n) is 22.1. The average Bonchev–Trinajstić information content (AvgIpc) is 4.15. The molecule has 0 aliphatic rings. The van der Waals surface area contributed by atoms with Gasteiger partial charge in [0.25, 0.3) is 0 Å². The summed E-state index contributed by atoms with van der Waals surface area (Å²) in [5.41, 5.74) is 11.4. The maximum atomic E-state index is 12.0. The number of rotatable bonds is 6. The molecule has 4 aromatic heterocycles. The molecule has 0 saturated carbocycles. The highest BCUT2D eigenvalue weighted by molar-refractivity contribution is 7.27. The molecule has 0 aliphatic heterocycles. The van der Waals surface area contributed by atoms with Crippen molar-refractivity contribution in [1.29, 1.82) is 10.5 Å². The van der Waals surface area contributed by atoms with Crippen LogP contribution in [0.1, 0.15) is 23.9 Å². The van der Waals surface area contributed by atoms with Crippen molar-refractivity contribution in [3.05, 3.63) is 199 Å². The summed E-state index contributed by atoms with van der Waals surface area (Å²) in [7, 11) is 0. The third kappa shape index (κ3) is 5.45. The summed E-state index contributed by atoms with van der Waals surface area (Å²) in [5, 5.41) is 30.6. The summed E-state index contributed by atoms with van der Waals surface area (Å²) < 4.78 is 9.35. The molecule has 0 bridgehead atoms. The van der Waals surface area contributed by atoms with Crippen LogP contribution in [0.5, 0.6) is 0 Å². The lowest BCUT2D eigenvalue weighted by Gasteiger charge is -2.25. The number of hydrogen-bond acceptors (Lipinski definition) is 5. The van der Waals surface area contributed by atoms with Gasteiger partial charge in [0.15, 0.2) is 0 Å². The Morgan fingerprint density at radius 1 is 0.470 bits per heavy atom. The Morgan fingerprint density at radius 3 is 1.61 bits per heavy atom. The van der Waals surface area contributed by atoms with Crippen LogP contribution in [0.2, 0.25) is 0 Å². The Balaban J connectivity index is 1.29. The fraction of sp³-hybridized carbons (Fsp3) is 0.0339. The van der Waals surface area contributed by atoms with E-state index in [-0.39, 0.29) is 0 Å². The van der Waals surface area contributed by atoms with Crippen molar-refractivity contribution >= 4 is 95.9 Å². The third-order valence-corrected chi connectivity index (χ3v) is 15.6. The zero-order valence-corrected chi connectivity index (χ0v) is 37.2. The maximum Gasteiger partial charge on any atom is 0.114 e. The number of para-hydroxylation sites is 2. The predicted molar refractivity (Wildman–Crippen MR) is 276 cm³/mol. The molecule has 5 nitrogen and oxygen atoms in total. The number of imidazole rings is 1. The van der Waals surface area contributed by atoms with Crippen molar-refractivity contribution < 1.29 is 0 Å². The Hall–Kier alpha value is -8.33. The predicted octanol–water partition coefficient (Wildman–Crippen LogP) is 16.2. The highest BCUT2D eigenvalue weighted by Gasteiger charge is 2.32. The van der Waals surface area contributed by atoms with Gasteiger partial charge in [-0.25, -0.2) is 4.98 Å². The summed E-state index contributed by atoms with van der Waals surface area (Å²) in [6.45, 7) is 2.13. The Labute approximate surface area is 387 Å². The van der Waals surface area contributed by atoms with E-state index in [1.807, 2.05) is 54.6 Å². The van der Waals surface area contributed by atoms with Gasteiger partial charge in [0.05, 0.1) is 48.3 Å². The van der Waals surface area contributed by atoms with Crippen molar-refractivity contribution in [2.24, 2.45) is 0 Å². The number of nitriles is 2. The number of nitrogens with zero attached hydrogens (tertiary/aromatic N) is 5. The van der Waals surface area contributed by atoms with Gasteiger partial charge in [-0.15, -0.1) is 22.7 Å². The molecule has 308 valence electrons. The largest absolute Gasteiger partial charge is 0.304 e. The van der Waals surface area contributed by atoms with Gasteiger partial charge in [-0.05, 0) is 53.1 Å². The van der Waals surface area contributed by atoms with Gasteiger partial charge in [-0.3, -0.25) is 4.57 Å². The molecule has 0 saturated heterocycles. The van der Waals surface area contributed by atoms with E-state index in [1.54, 1.807) is 22.7 Å². The van der Waals surface area contributed by atoms with Gasteiger partial charge < -0.3 is 4.57 Å². The zero-order valence-electron chi connectivity index (χ0n) is 35.6. The maximum absolute atomic E-state index is 12.0.